The highest BCUT2D eigenvalue weighted by molar-refractivity contribution is 7.91. The first kappa shape index (κ1) is 21.9. The average Bonchev–Trinajstić information content (AvgIpc) is 2.80. The van der Waals surface area contributed by atoms with Crippen molar-refractivity contribution in [2.24, 2.45) is 0 Å². The van der Waals surface area contributed by atoms with Gasteiger partial charge in [0, 0.05) is 23.8 Å². The maximum Gasteiger partial charge on any atom is 0.211 e. The normalized spacial score (nSPS) is 11.5. The van der Waals surface area contributed by atoms with E-state index < -0.39 is 15.3 Å². The molecule has 0 bridgehead atoms. The van der Waals surface area contributed by atoms with E-state index in [0.29, 0.717) is 28.6 Å². The van der Waals surface area contributed by atoms with Gasteiger partial charge in [-0.25, -0.2) is 8.42 Å². The second kappa shape index (κ2) is 8.68. The zero-order chi connectivity index (χ0) is 22.9. The Hall–Kier alpha value is -3.29. The quantitative estimate of drug-likeness (QED) is 0.414. The zero-order valence-electron chi connectivity index (χ0n) is 17.4. The molecular weight excluding hydrogens is 450 g/mol. The highest BCUT2D eigenvalue weighted by Crippen LogP contribution is 2.32. The van der Waals surface area contributed by atoms with E-state index in [1.54, 1.807) is 10.6 Å². The van der Waals surface area contributed by atoms with Crippen LogP contribution in [0.1, 0.15) is 5.56 Å². The molecular formula is C24H20ClNO5S. The number of ether oxygens (including phenoxy) is 2. The lowest BCUT2D eigenvalue weighted by Gasteiger charge is -2.16. The van der Waals surface area contributed by atoms with Crippen molar-refractivity contribution in [3.05, 3.63) is 93.7 Å². The van der Waals surface area contributed by atoms with Gasteiger partial charge in [0.15, 0.2) is 11.5 Å². The fraction of sp³-hybridized carbons (Fsp3) is 0.125. The van der Waals surface area contributed by atoms with E-state index in [1.165, 1.54) is 50.7 Å². The molecule has 0 fully saturated rings. The van der Waals surface area contributed by atoms with Crippen LogP contribution in [0.2, 0.25) is 5.02 Å². The first-order valence-corrected chi connectivity index (χ1v) is 11.5. The number of hydrogen-bond acceptors (Lipinski definition) is 5. The molecule has 0 saturated heterocycles. The molecule has 0 aliphatic carbocycles. The Kier molecular flexibility index (Phi) is 5.95. The van der Waals surface area contributed by atoms with Crippen LogP contribution in [0.15, 0.2) is 87.5 Å². The van der Waals surface area contributed by atoms with Gasteiger partial charge in [-0.2, -0.15) is 0 Å². The minimum Gasteiger partial charge on any atom is -0.493 e. The first-order chi connectivity index (χ1) is 15.3. The van der Waals surface area contributed by atoms with E-state index >= 15 is 0 Å². The van der Waals surface area contributed by atoms with Crippen LogP contribution in [-0.4, -0.2) is 27.2 Å². The highest BCUT2D eigenvalue weighted by Gasteiger charge is 2.25. The van der Waals surface area contributed by atoms with Gasteiger partial charge >= 0.3 is 0 Å². The predicted molar refractivity (Wildman–Crippen MR) is 124 cm³/mol. The van der Waals surface area contributed by atoms with Gasteiger partial charge < -0.3 is 14.0 Å². The minimum atomic E-state index is -4.09. The van der Waals surface area contributed by atoms with Crippen molar-refractivity contribution in [2.45, 2.75) is 16.3 Å². The summed E-state index contributed by atoms with van der Waals surface area (Å²) in [5.74, 6) is 0.777. The van der Waals surface area contributed by atoms with Crippen LogP contribution in [0.4, 0.5) is 0 Å². The largest absolute Gasteiger partial charge is 0.493 e. The van der Waals surface area contributed by atoms with Crippen LogP contribution in [0, 0.1) is 0 Å². The van der Waals surface area contributed by atoms with Gasteiger partial charge in [-0.1, -0.05) is 41.9 Å². The number of aromatic nitrogens is 1. The summed E-state index contributed by atoms with van der Waals surface area (Å²) in [6.45, 7) is 0.357. The maximum atomic E-state index is 13.4. The van der Waals surface area contributed by atoms with Crippen molar-refractivity contribution < 1.29 is 17.9 Å². The summed E-state index contributed by atoms with van der Waals surface area (Å²) >= 11 is 5.91. The Labute approximate surface area is 190 Å². The second-order valence-electron chi connectivity index (χ2n) is 7.12. The number of halogens is 1. The Morgan fingerprint density at radius 1 is 0.906 bits per heavy atom. The van der Waals surface area contributed by atoms with Gasteiger partial charge in [0.25, 0.3) is 0 Å². The molecule has 4 rings (SSSR count). The standard InChI is InChI=1S/C24H20ClNO5S/c1-30-21-12-19-20(13-22(21)31-2)26(14-16-6-4-3-5-7-16)15-23(24(19)27)32(28,29)18-10-8-17(25)9-11-18/h3-13,15H,14H2,1-2H3. The lowest BCUT2D eigenvalue weighted by Crippen LogP contribution is -2.20. The second-order valence-corrected chi connectivity index (χ2v) is 9.47. The molecule has 0 amide bonds. The third kappa shape index (κ3) is 3.97. The van der Waals surface area contributed by atoms with E-state index in [1.807, 2.05) is 30.3 Å². The van der Waals surface area contributed by atoms with Crippen molar-refractivity contribution in [1.29, 1.82) is 0 Å². The smallest absolute Gasteiger partial charge is 0.211 e. The van der Waals surface area contributed by atoms with Gasteiger partial charge in [0.1, 0.15) is 4.90 Å². The molecule has 0 aliphatic rings. The van der Waals surface area contributed by atoms with Crippen molar-refractivity contribution in [1.82, 2.24) is 4.57 Å². The molecule has 164 valence electrons. The molecule has 4 aromatic rings. The Morgan fingerprint density at radius 3 is 2.16 bits per heavy atom. The molecule has 1 heterocycles. The molecule has 32 heavy (non-hydrogen) atoms. The van der Waals surface area contributed by atoms with E-state index in [9.17, 15) is 13.2 Å². The van der Waals surface area contributed by atoms with Crippen molar-refractivity contribution in [3.8, 4) is 11.5 Å². The maximum absolute atomic E-state index is 13.4. The fourth-order valence-electron chi connectivity index (χ4n) is 3.53. The van der Waals surface area contributed by atoms with Gasteiger partial charge in [-0.3, -0.25) is 4.79 Å². The van der Waals surface area contributed by atoms with Crippen LogP contribution >= 0.6 is 11.6 Å². The van der Waals surface area contributed by atoms with E-state index in [-0.39, 0.29) is 15.2 Å². The van der Waals surface area contributed by atoms with Crippen LogP contribution in [-0.2, 0) is 16.4 Å². The third-order valence-electron chi connectivity index (χ3n) is 5.16. The van der Waals surface area contributed by atoms with Crippen molar-refractivity contribution >= 4 is 32.3 Å². The Morgan fingerprint density at radius 2 is 1.53 bits per heavy atom. The van der Waals surface area contributed by atoms with Crippen LogP contribution < -0.4 is 14.9 Å². The molecule has 0 saturated carbocycles. The topological polar surface area (TPSA) is 74.6 Å². The van der Waals surface area contributed by atoms with E-state index in [2.05, 4.69) is 0 Å². The molecule has 0 unspecified atom stereocenters. The number of benzene rings is 3. The number of methoxy groups -OCH3 is 2. The number of hydrogen-bond donors (Lipinski definition) is 0. The fourth-order valence-corrected chi connectivity index (χ4v) is 5.03. The predicted octanol–water partition coefficient (Wildman–Crippen LogP) is 4.55. The molecule has 0 spiro atoms. The third-order valence-corrected chi connectivity index (χ3v) is 7.18. The Balaban J connectivity index is 2.02. The highest BCUT2D eigenvalue weighted by atomic mass is 35.5. The van der Waals surface area contributed by atoms with E-state index in [0.717, 1.165) is 5.56 Å². The summed E-state index contributed by atoms with van der Waals surface area (Å²) in [4.78, 5) is 13.0. The SMILES string of the molecule is COc1cc2c(=O)c(S(=O)(=O)c3ccc(Cl)cc3)cn(Cc3ccccc3)c2cc1OC. The summed E-state index contributed by atoms with van der Waals surface area (Å²) in [5, 5.41) is 0.620. The van der Waals surface area contributed by atoms with Crippen LogP contribution in [0.3, 0.4) is 0 Å². The summed E-state index contributed by atoms with van der Waals surface area (Å²) in [7, 11) is -1.13. The Bertz CT molecular complexity index is 1450. The molecule has 0 N–H and O–H groups in total. The number of nitrogens with zero attached hydrogens (tertiary/aromatic N) is 1. The first-order valence-electron chi connectivity index (χ1n) is 9.69. The van der Waals surface area contributed by atoms with Gasteiger partial charge in [-0.05, 0) is 35.9 Å². The summed E-state index contributed by atoms with van der Waals surface area (Å²) in [6.07, 6.45) is 1.38. The minimum absolute atomic E-state index is 0.00918. The lowest BCUT2D eigenvalue weighted by molar-refractivity contribution is 0.355. The number of rotatable bonds is 6. The summed E-state index contributed by atoms with van der Waals surface area (Å²) < 4.78 is 39.2. The van der Waals surface area contributed by atoms with Crippen molar-refractivity contribution in [3.63, 3.8) is 0 Å². The van der Waals surface area contributed by atoms with Crippen LogP contribution in [0.5, 0.6) is 11.5 Å². The molecule has 0 radical (unpaired) electrons. The average molecular weight is 470 g/mol. The van der Waals surface area contributed by atoms with Gasteiger partial charge in [0.05, 0.1) is 30.0 Å². The summed E-state index contributed by atoms with van der Waals surface area (Å²) in [5.41, 5.74) is 0.869. The monoisotopic (exact) mass is 469 g/mol. The molecule has 0 aliphatic heterocycles. The molecule has 1 aromatic heterocycles. The van der Waals surface area contributed by atoms with Crippen molar-refractivity contribution in [2.75, 3.05) is 14.2 Å². The number of fused-ring (bicyclic) bond motifs is 1. The van der Waals surface area contributed by atoms with E-state index in [4.69, 9.17) is 21.1 Å². The molecule has 6 nitrogen and oxygen atoms in total. The van der Waals surface area contributed by atoms with Gasteiger partial charge in [0.2, 0.25) is 15.3 Å². The van der Waals surface area contributed by atoms with Gasteiger partial charge in [-0.15, -0.1) is 0 Å². The zero-order valence-corrected chi connectivity index (χ0v) is 19.0. The molecule has 0 atom stereocenters. The summed E-state index contributed by atoms with van der Waals surface area (Å²) in [6, 6.07) is 18.5. The van der Waals surface area contributed by atoms with Crippen LogP contribution in [0.25, 0.3) is 10.9 Å². The number of pyridine rings is 1. The number of sulfone groups is 1. The lowest BCUT2D eigenvalue weighted by atomic mass is 10.1. The molecule has 3 aromatic carbocycles. The molecule has 8 heteroatoms.